The first-order valence-electron chi connectivity index (χ1n) is 22.8. The van der Waals surface area contributed by atoms with Crippen LogP contribution < -0.4 is 9.80 Å². The molecule has 1 spiro atoms. The van der Waals surface area contributed by atoms with Crippen molar-refractivity contribution >= 4 is 41.2 Å². The van der Waals surface area contributed by atoms with Crippen LogP contribution in [0.3, 0.4) is 0 Å². The molecule has 0 aliphatic carbocycles. The maximum Gasteiger partial charge on any atom is 0.421 e. The molecular formula is C53H45N7O10. The Balaban J connectivity index is 1.20. The molecule has 5 aromatic carbocycles. The molecule has 70 heavy (non-hydrogen) atoms. The second kappa shape index (κ2) is 18.9. The number of aliphatic hydroxyl groups excluding tert-OH is 1. The van der Waals surface area contributed by atoms with Crippen LogP contribution in [0.15, 0.2) is 146 Å². The van der Waals surface area contributed by atoms with Crippen molar-refractivity contribution < 1.29 is 43.8 Å². The van der Waals surface area contributed by atoms with Crippen LogP contribution in [0.1, 0.15) is 58.0 Å². The number of hydrogen-bond donors (Lipinski definition) is 2. The molecule has 3 saturated heterocycles. The highest BCUT2D eigenvalue weighted by Gasteiger charge is 2.76. The van der Waals surface area contributed by atoms with E-state index < -0.39 is 64.4 Å². The molecule has 0 radical (unpaired) electrons. The van der Waals surface area contributed by atoms with E-state index in [2.05, 4.69) is 21.8 Å². The van der Waals surface area contributed by atoms with Gasteiger partial charge in [0.1, 0.15) is 29.9 Å². The lowest BCUT2D eigenvalue weighted by atomic mass is 9.65. The van der Waals surface area contributed by atoms with Crippen LogP contribution in [0.5, 0.6) is 5.75 Å². The number of amides is 3. The monoisotopic (exact) mass is 939 g/mol. The van der Waals surface area contributed by atoms with Gasteiger partial charge in [-0.15, -0.1) is 0 Å². The summed E-state index contributed by atoms with van der Waals surface area (Å²) in [6.07, 6.45) is 1.36. The van der Waals surface area contributed by atoms with Crippen molar-refractivity contribution in [2.75, 3.05) is 42.6 Å². The highest BCUT2D eigenvalue weighted by molar-refractivity contribution is 6.23. The van der Waals surface area contributed by atoms with E-state index in [0.717, 1.165) is 4.90 Å². The zero-order valence-electron chi connectivity index (χ0n) is 37.5. The van der Waals surface area contributed by atoms with Crippen molar-refractivity contribution in [1.29, 1.82) is 0 Å². The minimum absolute atomic E-state index is 0.0730. The fraction of sp³-hybridized carbons (Fsp3) is 0.245. The predicted octanol–water partition coefficient (Wildman–Crippen LogP) is 6.18. The minimum Gasteiger partial charge on any atom is -0.508 e. The number of nitro benzene ring substituents is 1. The number of cyclic esters (lactones) is 1. The van der Waals surface area contributed by atoms with E-state index in [1.54, 1.807) is 53.7 Å². The fourth-order valence-electron chi connectivity index (χ4n) is 10.5. The number of phenolic OH excluding ortho intramolecular Hbond substituents is 1. The number of nitro groups is 1. The largest absolute Gasteiger partial charge is 0.508 e. The number of carbonyl (C=O) groups excluding carboxylic acids is 4. The van der Waals surface area contributed by atoms with Gasteiger partial charge in [0.15, 0.2) is 0 Å². The Hall–Kier alpha value is -8.46. The molecule has 5 heterocycles. The van der Waals surface area contributed by atoms with Gasteiger partial charge < -0.3 is 29.5 Å². The molecule has 6 atom stereocenters. The van der Waals surface area contributed by atoms with Crippen molar-refractivity contribution in [3.8, 4) is 17.6 Å². The normalized spacial score (nSPS) is 22.7. The zero-order chi connectivity index (χ0) is 48.5. The smallest absolute Gasteiger partial charge is 0.421 e. The number of benzene rings is 5. The standard InChI is InChI=1S/C53H45N7O10/c61-31-8-7-10-34-17-24-42-41(32-34)53(50(65)58(42)52(66)69-33-35-15-20-39(21-16-35)60(67)68)43(48(63)56-27-29-57(30-28-56)51-54-25-9-26-55-51)45-49(64)70-46(37-13-5-2-6-14-37)44(36-11-3-1-4-12-36)59(45)47(53)38-18-22-40(62)23-19-38/h1-6,9,11-26,32,43-47,61-62H,8,27-31,33H2/t43-,44-,45-,46+,47+,53-/m0/s1. The first-order valence-corrected chi connectivity index (χ1v) is 22.8. The number of aromatic nitrogens is 2. The zero-order valence-corrected chi connectivity index (χ0v) is 37.5. The van der Waals surface area contributed by atoms with Gasteiger partial charge in [0, 0.05) is 62.7 Å². The number of fused-ring (bicyclic) bond motifs is 3. The van der Waals surface area contributed by atoms with Crippen LogP contribution >= 0.6 is 0 Å². The van der Waals surface area contributed by atoms with Crippen molar-refractivity contribution in [3.63, 3.8) is 0 Å². The SMILES string of the molecule is O=C1O[C@H](c2ccccc2)[C@H](c2ccccc2)N2[C@H]1[C@@H](C(=O)N1CCN(c3ncccn3)CC1)[C@]1(C(=O)N(C(=O)OCc3ccc([N+](=O)[O-])cc3)c3ccc(C#CCCO)cc31)[C@H]2c1ccc(O)cc1. The fourth-order valence-corrected chi connectivity index (χ4v) is 10.5. The summed E-state index contributed by atoms with van der Waals surface area (Å²) in [5.41, 5.74) is 0.671. The molecule has 0 bridgehead atoms. The van der Waals surface area contributed by atoms with E-state index in [9.17, 15) is 25.1 Å². The van der Waals surface area contributed by atoms with Crippen molar-refractivity contribution in [2.45, 2.75) is 42.7 Å². The first-order chi connectivity index (χ1) is 34.1. The van der Waals surface area contributed by atoms with Crippen molar-refractivity contribution in [2.24, 2.45) is 5.92 Å². The number of hydrogen-bond acceptors (Lipinski definition) is 14. The molecule has 10 rings (SSSR count). The molecule has 4 aliphatic heterocycles. The number of non-ortho nitro benzene ring substituents is 1. The molecule has 0 saturated carbocycles. The van der Waals surface area contributed by atoms with Gasteiger partial charge in [-0.25, -0.2) is 19.7 Å². The maximum atomic E-state index is 16.5. The van der Waals surface area contributed by atoms with Gasteiger partial charge in [-0.2, -0.15) is 0 Å². The Morgan fingerprint density at radius 3 is 2.14 bits per heavy atom. The second-order valence-corrected chi connectivity index (χ2v) is 17.3. The van der Waals surface area contributed by atoms with E-state index in [0.29, 0.717) is 46.9 Å². The molecule has 17 heteroatoms. The maximum absolute atomic E-state index is 16.5. The molecular weight excluding hydrogens is 895 g/mol. The Morgan fingerprint density at radius 1 is 0.814 bits per heavy atom. The summed E-state index contributed by atoms with van der Waals surface area (Å²) in [6.45, 7) is 0.406. The van der Waals surface area contributed by atoms with E-state index >= 15 is 14.4 Å². The summed E-state index contributed by atoms with van der Waals surface area (Å²) < 4.78 is 12.4. The van der Waals surface area contributed by atoms with E-state index in [4.69, 9.17) is 9.47 Å². The average molecular weight is 940 g/mol. The topological polar surface area (TPSA) is 209 Å². The number of anilines is 2. The molecule has 352 valence electrons. The molecule has 4 aliphatic rings. The van der Waals surface area contributed by atoms with Crippen LogP contribution in [0.25, 0.3) is 0 Å². The Kier molecular flexibility index (Phi) is 12.2. The van der Waals surface area contributed by atoms with Gasteiger partial charge in [-0.3, -0.25) is 29.4 Å². The average Bonchev–Trinajstić information content (AvgIpc) is 3.85. The van der Waals surface area contributed by atoms with Crippen molar-refractivity contribution in [1.82, 2.24) is 19.8 Å². The van der Waals surface area contributed by atoms with Gasteiger partial charge in [-0.1, -0.05) is 84.6 Å². The first kappa shape index (κ1) is 45.3. The molecule has 3 amide bonds. The summed E-state index contributed by atoms with van der Waals surface area (Å²) in [6, 6.07) is 33.4. The third kappa shape index (κ3) is 7.92. The van der Waals surface area contributed by atoms with Gasteiger partial charge in [-0.05, 0) is 76.3 Å². The van der Waals surface area contributed by atoms with E-state index in [1.807, 2.05) is 70.5 Å². The number of imide groups is 1. The number of ether oxygens (including phenoxy) is 2. The summed E-state index contributed by atoms with van der Waals surface area (Å²) >= 11 is 0. The third-order valence-corrected chi connectivity index (χ3v) is 13.5. The van der Waals surface area contributed by atoms with Gasteiger partial charge in [0.05, 0.1) is 35.2 Å². The lowest BCUT2D eigenvalue weighted by Gasteiger charge is -2.46. The number of rotatable bonds is 9. The summed E-state index contributed by atoms with van der Waals surface area (Å²) in [5.74, 6) is 2.72. The van der Waals surface area contributed by atoms with Gasteiger partial charge in [0.25, 0.3) is 5.69 Å². The molecule has 17 nitrogen and oxygen atoms in total. The number of esters is 1. The summed E-state index contributed by atoms with van der Waals surface area (Å²) in [7, 11) is 0. The quantitative estimate of drug-likeness (QED) is 0.0719. The number of morpholine rings is 1. The van der Waals surface area contributed by atoms with Gasteiger partial charge >= 0.3 is 12.1 Å². The highest BCUT2D eigenvalue weighted by atomic mass is 16.6. The molecule has 3 fully saturated rings. The number of nitrogens with zero attached hydrogens (tertiary/aromatic N) is 7. The summed E-state index contributed by atoms with van der Waals surface area (Å²) in [4.78, 5) is 89.0. The van der Waals surface area contributed by atoms with E-state index in [-0.39, 0.29) is 55.4 Å². The molecule has 0 unspecified atom stereocenters. The lowest BCUT2D eigenvalue weighted by Crippen LogP contribution is -2.59. The summed E-state index contributed by atoms with van der Waals surface area (Å²) in [5, 5.41) is 31.8. The number of phenols is 1. The molecule has 1 aromatic heterocycles. The van der Waals surface area contributed by atoms with Crippen LogP contribution in [-0.2, 0) is 35.9 Å². The second-order valence-electron chi connectivity index (χ2n) is 17.3. The third-order valence-electron chi connectivity index (χ3n) is 13.5. The number of aromatic hydroxyl groups is 1. The van der Waals surface area contributed by atoms with Crippen LogP contribution in [0.4, 0.5) is 22.1 Å². The van der Waals surface area contributed by atoms with Crippen LogP contribution in [0, 0.1) is 27.9 Å². The molecule has 2 N–H and O–H groups in total. The Morgan fingerprint density at radius 2 is 1.49 bits per heavy atom. The number of piperazine rings is 1. The number of aliphatic hydroxyl groups is 1. The van der Waals surface area contributed by atoms with E-state index in [1.165, 1.54) is 36.4 Å². The lowest BCUT2D eigenvalue weighted by molar-refractivity contribution is -0.384. The van der Waals surface area contributed by atoms with Crippen molar-refractivity contribution in [3.05, 3.63) is 189 Å². The highest BCUT2D eigenvalue weighted by Crippen LogP contribution is 2.66. The minimum atomic E-state index is -2.10. The predicted molar refractivity (Wildman–Crippen MR) is 253 cm³/mol. The number of carbonyl (C=O) groups is 4. The Labute approximate surface area is 401 Å². The van der Waals surface area contributed by atoms with Crippen LogP contribution in [-0.4, -0.2) is 97.6 Å². The van der Waals surface area contributed by atoms with Gasteiger partial charge in [0.2, 0.25) is 17.8 Å². The van der Waals surface area contributed by atoms with Crippen LogP contribution in [0.2, 0.25) is 0 Å². The molecule has 6 aromatic rings. The Bertz CT molecular complexity index is 3020.